The van der Waals surface area contributed by atoms with Crippen molar-refractivity contribution < 1.29 is 36.2 Å². The summed E-state index contributed by atoms with van der Waals surface area (Å²) < 4.78 is 11.2. The third-order valence-corrected chi connectivity index (χ3v) is 4.83. The number of aromatic nitrogens is 1. The maximum absolute atomic E-state index is 12.3. The molecule has 22 heavy (non-hydrogen) atoms. The lowest BCUT2D eigenvalue weighted by Gasteiger charge is -2.18. The van der Waals surface area contributed by atoms with Gasteiger partial charge in [0.15, 0.2) is 0 Å². The molecule has 1 aliphatic rings. The molecule has 2 heterocycles. The summed E-state index contributed by atoms with van der Waals surface area (Å²) in [6.45, 7) is 5.39. The second-order valence-corrected chi connectivity index (χ2v) is 6.50. The monoisotopic (exact) mass is 392 g/mol. The lowest BCUT2D eigenvalue weighted by atomic mass is 9.79. The van der Waals surface area contributed by atoms with E-state index in [4.69, 9.17) is 15.2 Å². The van der Waals surface area contributed by atoms with E-state index in [1.165, 1.54) is 24.2 Å². The van der Waals surface area contributed by atoms with Gasteiger partial charge in [-0.1, -0.05) is 38.0 Å². The number of H-pyrrole nitrogens is 1. The number of nitrogen functional groups attached to an aromatic ring is 1. The van der Waals surface area contributed by atoms with Crippen molar-refractivity contribution in [2.24, 2.45) is 0 Å². The van der Waals surface area contributed by atoms with Crippen molar-refractivity contribution in [3.63, 3.8) is 0 Å². The fourth-order valence-electron chi connectivity index (χ4n) is 2.79. The summed E-state index contributed by atoms with van der Waals surface area (Å²) in [6.07, 6.45) is 4.61. The Morgan fingerprint density at radius 3 is 2.86 bits per heavy atom. The van der Waals surface area contributed by atoms with Gasteiger partial charge in [-0.05, 0) is 12.8 Å². The van der Waals surface area contributed by atoms with Crippen molar-refractivity contribution in [2.75, 3.05) is 18.9 Å². The molecule has 1 saturated heterocycles. The van der Waals surface area contributed by atoms with Crippen LogP contribution in [-0.2, 0) is 19.7 Å². The molecule has 0 aromatic carbocycles. The van der Waals surface area contributed by atoms with Crippen LogP contribution in [0.15, 0.2) is 5.38 Å². The van der Waals surface area contributed by atoms with Crippen LogP contribution in [0.2, 0.25) is 0 Å². The number of rotatable bonds is 8. The van der Waals surface area contributed by atoms with E-state index in [1.54, 1.807) is 0 Å². The van der Waals surface area contributed by atoms with Gasteiger partial charge in [-0.15, -0.1) is 0 Å². The van der Waals surface area contributed by atoms with E-state index in [1.807, 2.05) is 12.3 Å². The summed E-state index contributed by atoms with van der Waals surface area (Å²) in [4.78, 5) is 15.4. The van der Waals surface area contributed by atoms with Crippen LogP contribution in [0.5, 0.6) is 0 Å². The molecule has 0 saturated carbocycles. The number of nitrogens with one attached hydrogen (secondary N) is 1. The molecule has 0 radical (unpaired) electrons. The van der Waals surface area contributed by atoms with Gasteiger partial charge in [0.25, 0.3) is 0 Å². The smallest absolute Gasteiger partial charge is 0.329 e. The van der Waals surface area contributed by atoms with E-state index < -0.39 is 5.41 Å². The minimum atomic E-state index is -0.592. The molecule has 7 heteroatoms. The van der Waals surface area contributed by atoms with Crippen molar-refractivity contribution in [2.45, 2.75) is 57.5 Å². The quantitative estimate of drug-likeness (QED) is 0.469. The summed E-state index contributed by atoms with van der Waals surface area (Å²) in [5, 5.41) is 2.54. The maximum Gasteiger partial charge on any atom is 0.329 e. The number of thiazole rings is 1. The number of anilines is 1. The normalized spacial score (nSPS) is 24.1. The third-order valence-electron chi connectivity index (χ3n) is 4.12. The molecule has 1 fully saturated rings. The number of cyclic esters (lactones) is 1. The number of hydrogen-bond donors (Lipinski definition) is 1. The topological polar surface area (TPSA) is 75.7 Å². The van der Waals surface area contributed by atoms with Gasteiger partial charge in [0.05, 0.1) is 6.61 Å². The zero-order chi connectivity index (χ0) is 15.3. The summed E-state index contributed by atoms with van der Waals surface area (Å²) in [5.41, 5.74) is 6.03. The van der Waals surface area contributed by atoms with Gasteiger partial charge in [-0.3, -0.25) is 10.5 Å². The Hall–Kier alpha value is -0.660. The number of nitrogens with two attached hydrogens (primary N) is 1. The van der Waals surface area contributed by atoms with Crippen LogP contribution in [-0.4, -0.2) is 25.3 Å². The number of carbonyl (C=O) groups excluding carboxylic acids is 1. The Labute approximate surface area is 146 Å². The summed E-state index contributed by atoms with van der Waals surface area (Å²) in [7, 11) is 0. The molecule has 1 aromatic heterocycles. The van der Waals surface area contributed by atoms with Gasteiger partial charge in [0, 0.05) is 18.4 Å². The van der Waals surface area contributed by atoms with Crippen LogP contribution in [0.1, 0.15) is 51.6 Å². The molecule has 0 spiro atoms. The van der Waals surface area contributed by atoms with Crippen LogP contribution in [0.4, 0.5) is 5.13 Å². The Bertz CT molecular complexity index is 483. The zero-order valence-corrected chi connectivity index (χ0v) is 15.6. The highest BCUT2D eigenvalue weighted by atomic mass is 79.9. The predicted molar refractivity (Wildman–Crippen MR) is 82.1 cm³/mol. The molecule has 0 amide bonds. The van der Waals surface area contributed by atoms with Crippen molar-refractivity contribution >= 4 is 22.4 Å². The van der Waals surface area contributed by atoms with Crippen LogP contribution in [0.3, 0.4) is 0 Å². The second kappa shape index (κ2) is 8.84. The zero-order valence-electron chi connectivity index (χ0n) is 13.2. The molecule has 1 aromatic rings. The SMILES string of the molecule is CCCCCOCC1CC(CC)(c2csc(N)[nH+]2)C(=O)O1.[Br-]. The standard InChI is InChI=1S/C15H24N2O3S.BrH/c1-3-5-6-7-19-9-11-8-15(4-2,13(18)20-11)12-10-21-14(16)17-12;/h10-11H,3-9H2,1-2H3,(H2,16,17);1H. The maximum atomic E-state index is 12.3. The number of esters is 1. The van der Waals surface area contributed by atoms with Crippen molar-refractivity contribution in [1.29, 1.82) is 0 Å². The van der Waals surface area contributed by atoms with E-state index in [2.05, 4.69) is 11.9 Å². The number of carbonyl (C=O) groups is 1. The number of unbranched alkanes of at least 4 members (excludes halogenated alkanes) is 2. The van der Waals surface area contributed by atoms with Crippen molar-refractivity contribution in [3.8, 4) is 0 Å². The lowest BCUT2D eigenvalue weighted by Crippen LogP contribution is -3.00. The highest BCUT2D eigenvalue weighted by Crippen LogP contribution is 2.39. The Kier molecular flexibility index (Phi) is 7.79. The Balaban J connectivity index is 0.00000242. The van der Waals surface area contributed by atoms with Crippen molar-refractivity contribution in [1.82, 2.24) is 0 Å². The largest absolute Gasteiger partial charge is 1.00 e. The molecule has 126 valence electrons. The van der Waals surface area contributed by atoms with Crippen LogP contribution < -0.4 is 27.7 Å². The van der Waals surface area contributed by atoms with Crippen LogP contribution >= 0.6 is 11.3 Å². The fraction of sp³-hybridized carbons (Fsp3) is 0.733. The molecule has 2 atom stereocenters. The van der Waals surface area contributed by atoms with Gasteiger partial charge in [0.1, 0.15) is 17.2 Å². The molecule has 2 rings (SSSR count). The average molecular weight is 393 g/mol. The Morgan fingerprint density at radius 1 is 1.50 bits per heavy atom. The van der Waals surface area contributed by atoms with E-state index in [9.17, 15) is 4.79 Å². The van der Waals surface area contributed by atoms with Crippen LogP contribution in [0, 0.1) is 0 Å². The van der Waals surface area contributed by atoms with Crippen LogP contribution in [0.25, 0.3) is 0 Å². The molecule has 2 unspecified atom stereocenters. The van der Waals surface area contributed by atoms with Crippen molar-refractivity contribution in [3.05, 3.63) is 11.1 Å². The first-order valence-electron chi connectivity index (χ1n) is 7.68. The van der Waals surface area contributed by atoms with E-state index in [-0.39, 0.29) is 29.1 Å². The van der Waals surface area contributed by atoms with Gasteiger partial charge >= 0.3 is 11.1 Å². The molecular weight excluding hydrogens is 368 g/mol. The number of aromatic amines is 1. The average Bonchev–Trinajstić information content (AvgIpc) is 3.03. The summed E-state index contributed by atoms with van der Waals surface area (Å²) >= 11 is 1.42. The number of hydrogen-bond acceptors (Lipinski definition) is 5. The summed E-state index contributed by atoms with van der Waals surface area (Å²) in [6, 6.07) is 0. The molecule has 3 N–H and O–H groups in total. The molecule has 1 aliphatic heterocycles. The minimum absolute atomic E-state index is 0. The first-order chi connectivity index (χ1) is 10.1. The Morgan fingerprint density at radius 2 is 2.27 bits per heavy atom. The molecular formula is C15H25BrN2O3S. The van der Waals surface area contributed by atoms with Gasteiger partial charge < -0.3 is 26.5 Å². The number of ether oxygens (including phenoxy) is 2. The van der Waals surface area contributed by atoms with E-state index in [0.29, 0.717) is 24.6 Å². The molecule has 0 bridgehead atoms. The minimum Gasteiger partial charge on any atom is -1.00 e. The predicted octanol–water partition coefficient (Wildman–Crippen LogP) is -0.681. The third kappa shape index (κ3) is 4.20. The fourth-order valence-corrected chi connectivity index (χ4v) is 3.48. The van der Waals surface area contributed by atoms with Gasteiger partial charge in [-0.2, -0.15) is 0 Å². The molecule has 5 nitrogen and oxygen atoms in total. The van der Waals surface area contributed by atoms with E-state index >= 15 is 0 Å². The summed E-state index contributed by atoms with van der Waals surface area (Å²) in [5.74, 6) is -0.166. The first kappa shape index (κ1) is 19.4. The van der Waals surface area contributed by atoms with Gasteiger partial charge in [-0.25, -0.2) is 4.98 Å². The number of halogens is 1. The first-order valence-corrected chi connectivity index (χ1v) is 8.56. The highest BCUT2D eigenvalue weighted by molar-refractivity contribution is 7.13. The lowest BCUT2D eigenvalue weighted by molar-refractivity contribution is -0.373. The van der Waals surface area contributed by atoms with E-state index in [0.717, 1.165) is 18.7 Å². The highest BCUT2D eigenvalue weighted by Gasteiger charge is 2.52. The second-order valence-electron chi connectivity index (χ2n) is 5.59. The molecule has 0 aliphatic carbocycles. The van der Waals surface area contributed by atoms with Gasteiger partial charge in [0.2, 0.25) is 0 Å².